The molecule has 0 spiro atoms. The van der Waals surface area contributed by atoms with Crippen LogP contribution in [0.3, 0.4) is 0 Å². The first-order chi connectivity index (χ1) is 13.9. The first kappa shape index (κ1) is 18.9. The summed E-state index contributed by atoms with van der Waals surface area (Å²) in [7, 11) is 1.43. The number of thiazole rings is 1. The predicted molar refractivity (Wildman–Crippen MR) is 103 cm³/mol. The quantitative estimate of drug-likeness (QED) is 0.491. The monoisotopic (exact) mass is 418 g/mol. The second-order valence-corrected chi connectivity index (χ2v) is 6.89. The molecule has 6 nitrogen and oxygen atoms in total. The van der Waals surface area contributed by atoms with E-state index in [0.717, 1.165) is 6.07 Å². The van der Waals surface area contributed by atoms with Gasteiger partial charge in [0.25, 0.3) is 5.91 Å². The number of amides is 1. The Hall–Kier alpha value is -3.40. The number of aromatic nitrogens is 3. The number of H-pyrrole nitrogens is 1. The Bertz CT molecular complexity index is 1190. The number of carbonyl (C=O) groups is 1. The van der Waals surface area contributed by atoms with Crippen molar-refractivity contribution in [3.05, 3.63) is 59.1 Å². The van der Waals surface area contributed by atoms with E-state index in [1.165, 1.54) is 42.7 Å². The van der Waals surface area contributed by atoms with E-state index in [1.807, 2.05) is 0 Å². The number of rotatable bonds is 4. The molecule has 29 heavy (non-hydrogen) atoms. The Labute approximate surface area is 166 Å². The minimum atomic E-state index is -4.54. The van der Waals surface area contributed by atoms with Gasteiger partial charge in [-0.2, -0.15) is 13.2 Å². The Morgan fingerprint density at radius 1 is 1.24 bits per heavy atom. The number of nitrogens with one attached hydrogen (secondary N) is 2. The summed E-state index contributed by atoms with van der Waals surface area (Å²) in [4.78, 5) is 23.9. The first-order valence-corrected chi connectivity index (χ1v) is 9.20. The Morgan fingerprint density at radius 3 is 2.72 bits per heavy atom. The molecule has 2 aromatic carbocycles. The van der Waals surface area contributed by atoms with E-state index in [1.54, 1.807) is 17.6 Å². The smallest absolute Gasteiger partial charge is 0.417 e. The van der Waals surface area contributed by atoms with Gasteiger partial charge in [-0.15, -0.1) is 11.3 Å². The number of alkyl halides is 3. The molecule has 0 bridgehead atoms. The number of methoxy groups -OCH3 is 1. The molecule has 0 aliphatic rings. The number of ether oxygens (including phenoxy) is 1. The molecule has 2 N–H and O–H groups in total. The normalized spacial score (nSPS) is 11.6. The average molecular weight is 418 g/mol. The highest BCUT2D eigenvalue weighted by atomic mass is 32.1. The van der Waals surface area contributed by atoms with Gasteiger partial charge in [0, 0.05) is 23.2 Å². The van der Waals surface area contributed by atoms with Crippen molar-refractivity contribution in [2.24, 2.45) is 0 Å². The summed E-state index contributed by atoms with van der Waals surface area (Å²) in [6.45, 7) is 0. The minimum Gasteiger partial charge on any atom is -0.497 e. The van der Waals surface area contributed by atoms with Gasteiger partial charge in [0.15, 0.2) is 5.13 Å². The van der Waals surface area contributed by atoms with Crippen LogP contribution in [0.4, 0.5) is 18.3 Å². The van der Waals surface area contributed by atoms with Crippen LogP contribution in [0.25, 0.3) is 22.4 Å². The van der Waals surface area contributed by atoms with Gasteiger partial charge in [0.2, 0.25) is 0 Å². The summed E-state index contributed by atoms with van der Waals surface area (Å²) in [5, 5.41) is 4.74. The molecule has 4 rings (SSSR count). The zero-order valence-corrected chi connectivity index (χ0v) is 15.7. The summed E-state index contributed by atoms with van der Waals surface area (Å²) in [6.07, 6.45) is -3.00. The van der Waals surface area contributed by atoms with Gasteiger partial charge < -0.3 is 9.72 Å². The van der Waals surface area contributed by atoms with E-state index in [-0.39, 0.29) is 22.5 Å². The second-order valence-electron chi connectivity index (χ2n) is 5.99. The lowest BCUT2D eigenvalue weighted by atomic mass is 10.1. The highest BCUT2D eigenvalue weighted by Gasteiger charge is 2.34. The molecule has 2 aromatic heterocycles. The van der Waals surface area contributed by atoms with Gasteiger partial charge in [0.1, 0.15) is 17.1 Å². The second kappa shape index (κ2) is 7.21. The van der Waals surface area contributed by atoms with Crippen LogP contribution in [-0.2, 0) is 6.18 Å². The summed E-state index contributed by atoms with van der Waals surface area (Å²) in [6, 6.07) is 8.17. The van der Waals surface area contributed by atoms with Crippen LogP contribution in [0, 0.1) is 0 Å². The molecule has 10 heteroatoms. The number of hydrogen-bond donors (Lipinski definition) is 2. The molecule has 0 saturated heterocycles. The van der Waals surface area contributed by atoms with E-state index in [4.69, 9.17) is 4.74 Å². The molecule has 0 radical (unpaired) electrons. The number of nitrogens with zero attached hydrogens (tertiary/aromatic N) is 2. The van der Waals surface area contributed by atoms with Crippen LogP contribution in [0.2, 0.25) is 0 Å². The van der Waals surface area contributed by atoms with Crippen molar-refractivity contribution < 1.29 is 22.7 Å². The Kier molecular flexibility index (Phi) is 4.71. The molecule has 148 valence electrons. The highest BCUT2D eigenvalue weighted by Crippen LogP contribution is 2.37. The summed E-state index contributed by atoms with van der Waals surface area (Å²) < 4.78 is 45.4. The lowest BCUT2D eigenvalue weighted by Gasteiger charge is -2.10. The number of benzene rings is 2. The maximum absolute atomic E-state index is 13.4. The fourth-order valence-electron chi connectivity index (χ4n) is 2.90. The molecule has 0 aliphatic heterocycles. The number of fused-ring (bicyclic) bond motifs is 1. The van der Waals surface area contributed by atoms with E-state index in [0.29, 0.717) is 16.4 Å². The highest BCUT2D eigenvalue weighted by molar-refractivity contribution is 7.13. The zero-order chi connectivity index (χ0) is 20.6. The fraction of sp³-hybridized carbons (Fsp3) is 0.105. The number of imidazole rings is 1. The Morgan fingerprint density at radius 2 is 2.03 bits per heavy atom. The predicted octanol–water partition coefficient (Wildman–Crippen LogP) is 4.97. The minimum absolute atomic E-state index is 0.00415. The molecule has 4 aromatic rings. The molecule has 1 amide bonds. The summed E-state index contributed by atoms with van der Waals surface area (Å²) in [5.74, 6) is -0.128. The zero-order valence-electron chi connectivity index (χ0n) is 14.9. The Balaban J connectivity index is 1.85. The maximum atomic E-state index is 13.4. The lowest BCUT2D eigenvalue weighted by Crippen LogP contribution is -2.12. The number of anilines is 1. The van der Waals surface area contributed by atoms with Crippen LogP contribution in [0.5, 0.6) is 5.75 Å². The molecular weight excluding hydrogens is 405 g/mol. The third-order valence-corrected chi connectivity index (χ3v) is 4.87. The first-order valence-electron chi connectivity index (χ1n) is 8.32. The van der Waals surface area contributed by atoms with Gasteiger partial charge in [0.05, 0.1) is 23.8 Å². The van der Waals surface area contributed by atoms with E-state index in [2.05, 4.69) is 20.3 Å². The van der Waals surface area contributed by atoms with Gasteiger partial charge in [-0.3, -0.25) is 10.1 Å². The molecular formula is C19H13F3N4O2S. The number of carbonyl (C=O) groups excluding carboxylic acids is 1. The summed E-state index contributed by atoms with van der Waals surface area (Å²) >= 11 is 1.24. The topological polar surface area (TPSA) is 79.9 Å². The lowest BCUT2D eigenvalue weighted by molar-refractivity contribution is -0.137. The third kappa shape index (κ3) is 3.66. The van der Waals surface area contributed by atoms with Crippen LogP contribution in [-0.4, -0.2) is 28.0 Å². The van der Waals surface area contributed by atoms with E-state index < -0.39 is 17.6 Å². The van der Waals surface area contributed by atoms with Gasteiger partial charge >= 0.3 is 6.18 Å². The standard InChI is InChI=1S/C19H13F3N4O2S/c1-28-10-8-12(17(27)26-18-23-6-7-29-18)15-14(9-10)24-16(25-15)11-4-2-3-5-13(11)19(20,21)22/h2-9H,1H3,(H,24,25)(H,23,26,27). The maximum Gasteiger partial charge on any atom is 0.417 e. The van der Waals surface area contributed by atoms with Crippen molar-refractivity contribution in [2.75, 3.05) is 12.4 Å². The van der Waals surface area contributed by atoms with Crippen molar-refractivity contribution in [1.82, 2.24) is 15.0 Å². The van der Waals surface area contributed by atoms with Gasteiger partial charge in [-0.1, -0.05) is 18.2 Å². The molecule has 0 fully saturated rings. The molecule has 0 atom stereocenters. The van der Waals surface area contributed by atoms with Crippen LogP contribution >= 0.6 is 11.3 Å². The van der Waals surface area contributed by atoms with Crippen LogP contribution in [0.15, 0.2) is 48.0 Å². The van der Waals surface area contributed by atoms with Crippen molar-refractivity contribution in [3.63, 3.8) is 0 Å². The summed E-state index contributed by atoms with van der Waals surface area (Å²) in [5.41, 5.74) is -0.171. The molecule has 0 saturated carbocycles. The third-order valence-electron chi connectivity index (χ3n) is 4.18. The SMILES string of the molecule is COc1cc(C(=O)Nc2nccs2)c2nc(-c3ccccc3C(F)(F)F)[nH]c2c1. The number of hydrogen-bond acceptors (Lipinski definition) is 5. The van der Waals surface area contributed by atoms with Crippen LogP contribution in [0.1, 0.15) is 15.9 Å². The van der Waals surface area contributed by atoms with Crippen LogP contribution < -0.4 is 10.1 Å². The van der Waals surface area contributed by atoms with E-state index in [9.17, 15) is 18.0 Å². The van der Waals surface area contributed by atoms with E-state index >= 15 is 0 Å². The molecule has 2 heterocycles. The average Bonchev–Trinajstić information content (AvgIpc) is 3.35. The van der Waals surface area contributed by atoms with Gasteiger partial charge in [-0.25, -0.2) is 9.97 Å². The number of aromatic amines is 1. The van der Waals surface area contributed by atoms with Gasteiger partial charge in [-0.05, 0) is 12.1 Å². The van der Waals surface area contributed by atoms with Crippen molar-refractivity contribution in [1.29, 1.82) is 0 Å². The largest absolute Gasteiger partial charge is 0.497 e. The fourth-order valence-corrected chi connectivity index (χ4v) is 3.42. The molecule has 0 aliphatic carbocycles. The number of halogens is 3. The van der Waals surface area contributed by atoms with Crippen molar-refractivity contribution in [2.45, 2.75) is 6.18 Å². The van der Waals surface area contributed by atoms with Crippen molar-refractivity contribution >= 4 is 33.4 Å². The molecule has 0 unspecified atom stereocenters. The van der Waals surface area contributed by atoms with Crippen molar-refractivity contribution in [3.8, 4) is 17.1 Å².